The molecule has 1 saturated carbocycles. The maximum Gasteiger partial charge on any atom is 0.290 e. The summed E-state index contributed by atoms with van der Waals surface area (Å²) in [6.07, 6.45) is 1.56. The fourth-order valence-corrected chi connectivity index (χ4v) is 5.78. The van der Waals surface area contributed by atoms with Gasteiger partial charge in [0.1, 0.15) is 15.5 Å². The van der Waals surface area contributed by atoms with Crippen molar-refractivity contribution >= 4 is 27.2 Å². The van der Waals surface area contributed by atoms with E-state index in [4.69, 9.17) is 16.4 Å². The van der Waals surface area contributed by atoms with Gasteiger partial charge in [-0.2, -0.15) is 8.78 Å². The summed E-state index contributed by atoms with van der Waals surface area (Å²) in [7, 11) is -4.19. The van der Waals surface area contributed by atoms with Crippen LogP contribution in [0.25, 0.3) is 0 Å². The molecule has 36 heavy (non-hydrogen) atoms. The van der Waals surface area contributed by atoms with Crippen molar-refractivity contribution in [3.8, 4) is 0 Å². The number of hydrogen-bond donors (Lipinski definition) is 2. The zero-order valence-electron chi connectivity index (χ0n) is 19.8. The van der Waals surface area contributed by atoms with Gasteiger partial charge in [0.25, 0.3) is 11.8 Å². The van der Waals surface area contributed by atoms with Crippen molar-refractivity contribution < 1.29 is 22.2 Å². The number of benzene rings is 2. The predicted octanol–water partition coefficient (Wildman–Crippen LogP) is 6.06. The molecule has 6 nitrogen and oxygen atoms in total. The molecule has 2 aromatic carbocycles. The highest BCUT2D eigenvalue weighted by Crippen LogP contribution is 2.43. The molecule has 0 aliphatic heterocycles. The summed E-state index contributed by atoms with van der Waals surface area (Å²) in [5.41, 5.74) is 0.817. The molecule has 1 heterocycles. The molecular formula is C25H24ClF3N4O2S. The zero-order valence-corrected chi connectivity index (χ0v) is 21.4. The van der Waals surface area contributed by atoms with Gasteiger partial charge in [-0.05, 0) is 56.7 Å². The molecule has 190 valence electrons. The van der Waals surface area contributed by atoms with Crippen molar-refractivity contribution in [3.63, 3.8) is 0 Å². The van der Waals surface area contributed by atoms with Crippen LogP contribution in [0.5, 0.6) is 0 Å². The average Bonchev–Trinajstić information content (AvgIpc) is 3.64. The monoisotopic (exact) mass is 536 g/mol. The number of alkyl halides is 2. The standard InChI is InChI=1S/C25H24ClF3N4O2S/c1-13-7-10-18(14(2)11-13)25(28,29)12-31-23(34)20-15(3)22(26)32-33-24(20)36(30,35)19-6-4-5-17(21(19)27)16-8-9-16/h4-7,10-11,16,30H,8-9,12H2,1-3H3,(H,31,34). The highest BCUT2D eigenvalue weighted by Gasteiger charge is 2.36. The number of nitrogens with one attached hydrogen (secondary N) is 2. The topological polar surface area (TPSA) is 95.8 Å². The van der Waals surface area contributed by atoms with Crippen molar-refractivity contribution in [2.24, 2.45) is 0 Å². The first kappa shape index (κ1) is 26.1. The van der Waals surface area contributed by atoms with E-state index in [1.54, 1.807) is 32.0 Å². The fraction of sp³-hybridized carbons (Fsp3) is 0.320. The predicted molar refractivity (Wildman–Crippen MR) is 130 cm³/mol. The van der Waals surface area contributed by atoms with Crippen LogP contribution in [0.4, 0.5) is 13.2 Å². The van der Waals surface area contributed by atoms with E-state index in [1.807, 2.05) is 0 Å². The van der Waals surface area contributed by atoms with Gasteiger partial charge in [-0.3, -0.25) is 4.79 Å². The van der Waals surface area contributed by atoms with Gasteiger partial charge in [0.15, 0.2) is 10.2 Å². The molecule has 1 amide bonds. The van der Waals surface area contributed by atoms with Gasteiger partial charge < -0.3 is 5.32 Å². The molecule has 1 fully saturated rings. The second kappa shape index (κ2) is 9.48. The molecule has 11 heteroatoms. The molecule has 2 N–H and O–H groups in total. The summed E-state index contributed by atoms with van der Waals surface area (Å²) in [6.45, 7) is 3.62. The van der Waals surface area contributed by atoms with Crippen molar-refractivity contribution in [3.05, 3.63) is 80.7 Å². The minimum absolute atomic E-state index is 0.00673. The lowest BCUT2D eigenvalue weighted by Crippen LogP contribution is -2.36. The van der Waals surface area contributed by atoms with E-state index in [9.17, 15) is 17.8 Å². The summed E-state index contributed by atoms with van der Waals surface area (Å²) in [5, 5.41) is 8.64. The lowest BCUT2D eigenvalue weighted by molar-refractivity contribution is -0.00312. The Morgan fingerprint density at radius 2 is 1.89 bits per heavy atom. The third-order valence-electron chi connectivity index (χ3n) is 6.19. The summed E-state index contributed by atoms with van der Waals surface area (Å²) in [5.74, 6) is -5.31. The number of carbonyl (C=O) groups is 1. The van der Waals surface area contributed by atoms with Crippen LogP contribution in [0.15, 0.2) is 46.3 Å². The molecular weight excluding hydrogens is 513 g/mol. The Labute approximate surface area is 212 Å². The normalized spacial score (nSPS) is 15.4. The minimum Gasteiger partial charge on any atom is -0.346 e. The summed E-state index contributed by atoms with van der Waals surface area (Å²) in [4.78, 5) is 12.7. The number of carbonyl (C=O) groups excluding carboxylic acids is 1. The summed E-state index contributed by atoms with van der Waals surface area (Å²) >= 11 is 6.02. The molecule has 1 unspecified atom stereocenters. The van der Waals surface area contributed by atoms with Gasteiger partial charge in [0.05, 0.1) is 17.0 Å². The molecule has 1 aromatic heterocycles. The maximum atomic E-state index is 15.2. The van der Waals surface area contributed by atoms with Gasteiger partial charge in [0.2, 0.25) is 0 Å². The molecule has 0 radical (unpaired) electrons. The van der Waals surface area contributed by atoms with E-state index in [0.29, 0.717) is 11.1 Å². The summed E-state index contributed by atoms with van der Waals surface area (Å²) in [6, 6.07) is 8.70. The third-order valence-corrected chi connectivity index (χ3v) is 8.32. The first-order valence-corrected chi connectivity index (χ1v) is 13.1. The van der Waals surface area contributed by atoms with Crippen molar-refractivity contribution in [2.45, 2.75) is 55.4 Å². The SMILES string of the molecule is Cc1ccc(C(F)(F)CNC(=O)c2c(S(=N)(=O)c3cccc(C4CC4)c3F)nnc(Cl)c2C)c(C)c1. The molecule has 1 aliphatic rings. The van der Waals surface area contributed by atoms with E-state index in [2.05, 4.69) is 15.5 Å². The number of rotatable bonds is 7. The average molecular weight is 537 g/mol. The lowest BCUT2D eigenvalue weighted by Gasteiger charge is -2.21. The first-order chi connectivity index (χ1) is 16.8. The van der Waals surface area contributed by atoms with Crippen LogP contribution in [0.1, 0.15) is 56.9 Å². The van der Waals surface area contributed by atoms with E-state index < -0.39 is 49.4 Å². The molecule has 0 bridgehead atoms. The molecule has 3 aromatic rings. The quantitative estimate of drug-likeness (QED) is 0.384. The second-order valence-electron chi connectivity index (χ2n) is 8.99. The van der Waals surface area contributed by atoms with E-state index in [-0.39, 0.29) is 22.2 Å². The Bertz CT molecular complexity index is 1470. The molecule has 1 aliphatic carbocycles. The number of aryl methyl sites for hydroxylation is 2. The van der Waals surface area contributed by atoms with Crippen LogP contribution in [0, 0.1) is 31.4 Å². The van der Waals surface area contributed by atoms with Gasteiger partial charge >= 0.3 is 0 Å². The second-order valence-corrected chi connectivity index (χ2v) is 11.3. The number of hydrogen-bond acceptors (Lipinski definition) is 5. The largest absolute Gasteiger partial charge is 0.346 e. The number of halogens is 4. The van der Waals surface area contributed by atoms with Crippen LogP contribution in [0.3, 0.4) is 0 Å². The Hall–Kier alpha value is -2.98. The van der Waals surface area contributed by atoms with E-state index in [1.165, 1.54) is 25.1 Å². The number of amides is 1. The highest BCUT2D eigenvalue weighted by atomic mass is 35.5. The Balaban J connectivity index is 1.71. The van der Waals surface area contributed by atoms with E-state index in [0.717, 1.165) is 18.4 Å². The number of nitrogens with zero attached hydrogens (tertiary/aromatic N) is 2. The Morgan fingerprint density at radius 3 is 2.53 bits per heavy atom. The van der Waals surface area contributed by atoms with Crippen LogP contribution in [-0.4, -0.2) is 26.9 Å². The fourth-order valence-electron chi connectivity index (χ4n) is 4.11. The first-order valence-electron chi connectivity index (χ1n) is 11.2. The Kier molecular flexibility index (Phi) is 6.87. The van der Waals surface area contributed by atoms with Crippen molar-refractivity contribution in [1.82, 2.24) is 15.5 Å². The number of aromatic nitrogens is 2. The van der Waals surface area contributed by atoms with Crippen LogP contribution in [0.2, 0.25) is 5.15 Å². The Morgan fingerprint density at radius 1 is 1.19 bits per heavy atom. The van der Waals surface area contributed by atoms with Crippen LogP contribution >= 0.6 is 11.6 Å². The van der Waals surface area contributed by atoms with Gasteiger partial charge in [0, 0.05) is 11.1 Å². The third kappa shape index (κ3) is 4.84. The minimum atomic E-state index is -4.19. The van der Waals surface area contributed by atoms with Crippen molar-refractivity contribution in [1.29, 1.82) is 4.78 Å². The summed E-state index contributed by atoms with van der Waals surface area (Å²) < 4.78 is 67.4. The molecule has 1 atom stereocenters. The zero-order chi connectivity index (χ0) is 26.4. The van der Waals surface area contributed by atoms with Crippen molar-refractivity contribution in [2.75, 3.05) is 6.54 Å². The van der Waals surface area contributed by atoms with Crippen LogP contribution < -0.4 is 5.32 Å². The molecule has 4 rings (SSSR count). The van der Waals surface area contributed by atoms with Crippen LogP contribution in [-0.2, 0) is 15.7 Å². The van der Waals surface area contributed by atoms with Gasteiger partial charge in [-0.25, -0.2) is 13.4 Å². The molecule has 0 saturated heterocycles. The molecule has 0 spiro atoms. The lowest BCUT2D eigenvalue weighted by atomic mass is 10.00. The highest BCUT2D eigenvalue weighted by molar-refractivity contribution is 7.92. The van der Waals surface area contributed by atoms with E-state index >= 15 is 4.39 Å². The van der Waals surface area contributed by atoms with Gasteiger partial charge in [-0.1, -0.05) is 47.5 Å². The van der Waals surface area contributed by atoms with Gasteiger partial charge in [-0.15, -0.1) is 10.2 Å². The maximum absolute atomic E-state index is 15.2. The smallest absolute Gasteiger partial charge is 0.290 e.